The third-order valence-corrected chi connectivity index (χ3v) is 5.20. The minimum absolute atomic E-state index is 0.0776. The molecule has 0 radical (unpaired) electrons. The molecule has 0 aromatic heterocycles. The number of hydrogen-bond donors (Lipinski definition) is 2. The summed E-state index contributed by atoms with van der Waals surface area (Å²) in [5.74, 6) is 0.113. The molecule has 3 rings (SSSR count). The maximum atomic E-state index is 13.5. The van der Waals surface area contributed by atoms with Crippen molar-refractivity contribution >= 4 is 11.8 Å². The van der Waals surface area contributed by atoms with Gasteiger partial charge in [0.1, 0.15) is 0 Å². The lowest BCUT2D eigenvalue weighted by Gasteiger charge is -2.43. The summed E-state index contributed by atoms with van der Waals surface area (Å²) in [6, 6.07) is 10.1. The molecule has 6 nitrogen and oxygen atoms in total. The quantitative estimate of drug-likeness (QED) is 0.842. The third kappa shape index (κ3) is 4.02. The van der Waals surface area contributed by atoms with Gasteiger partial charge >= 0.3 is 0 Å². The lowest BCUT2D eigenvalue weighted by atomic mass is 9.72. The Morgan fingerprint density at radius 3 is 2.68 bits per heavy atom. The molecule has 0 bridgehead atoms. The van der Waals surface area contributed by atoms with Crippen LogP contribution in [0.25, 0.3) is 0 Å². The number of nitrogens with zero attached hydrogens (tertiary/aromatic N) is 1. The number of piperidine rings is 1. The van der Waals surface area contributed by atoms with Crippen LogP contribution in [0.15, 0.2) is 30.3 Å². The molecule has 2 amide bonds. The second-order valence-electron chi connectivity index (χ2n) is 6.88. The van der Waals surface area contributed by atoms with Crippen LogP contribution in [0, 0.1) is 0 Å². The van der Waals surface area contributed by atoms with E-state index in [1.165, 1.54) is 6.92 Å². The Labute approximate surface area is 148 Å². The van der Waals surface area contributed by atoms with E-state index in [1.807, 2.05) is 23.1 Å². The molecule has 2 N–H and O–H groups in total. The first-order chi connectivity index (χ1) is 12.1. The smallest absolute Gasteiger partial charge is 0.233 e. The molecule has 2 heterocycles. The molecule has 0 unspecified atom stereocenters. The molecular formula is C19H27N3O3. The highest BCUT2D eigenvalue weighted by atomic mass is 16.5. The van der Waals surface area contributed by atoms with E-state index in [9.17, 15) is 9.59 Å². The second-order valence-corrected chi connectivity index (χ2v) is 6.88. The van der Waals surface area contributed by atoms with Gasteiger partial charge in [-0.2, -0.15) is 0 Å². The van der Waals surface area contributed by atoms with Crippen LogP contribution in [0.3, 0.4) is 0 Å². The first-order valence-electron chi connectivity index (χ1n) is 9.03. The highest BCUT2D eigenvalue weighted by Gasteiger charge is 2.44. The highest BCUT2D eigenvalue weighted by molar-refractivity contribution is 5.88. The van der Waals surface area contributed by atoms with E-state index in [0.29, 0.717) is 26.2 Å². The van der Waals surface area contributed by atoms with Crippen LogP contribution in [0.2, 0.25) is 0 Å². The van der Waals surface area contributed by atoms with E-state index < -0.39 is 5.41 Å². The Morgan fingerprint density at radius 1 is 1.28 bits per heavy atom. The number of ether oxygens (including phenoxy) is 1. The molecule has 1 atom stereocenters. The summed E-state index contributed by atoms with van der Waals surface area (Å²) >= 11 is 0. The fourth-order valence-corrected chi connectivity index (χ4v) is 3.82. The van der Waals surface area contributed by atoms with Crippen molar-refractivity contribution in [3.8, 4) is 0 Å². The molecule has 1 aromatic rings. The lowest BCUT2D eigenvalue weighted by molar-refractivity contribution is -0.146. The number of carbonyl (C=O) groups excluding carboxylic acids is 2. The summed E-state index contributed by atoms with van der Waals surface area (Å²) in [6.07, 6.45) is 1.48. The number of carbonyl (C=O) groups is 2. The largest absolute Gasteiger partial charge is 0.373 e. The van der Waals surface area contributed by atoms with Gasteiger partial charge in [0.05, 0.1) is 18.1 Å². The van der Waals surface area contributed by atoms with Crippen molar-refractivity contribution in [2.45, 2.75) is 31.3 Å². The van der Waals surface area contributed by atoms with Crippen molar-refractivity contribution < 1.29 is 14.3 Å². The number of hydrogen-bond acceptors (Lipinski definition) is 4. The Morgan fingerprint density at radius 2 is 2.00 bits per heavy atom. The van der Waals surface area contributed by atoms with Gasteiger partial charge in [0, 0.05) is 26.6 Å². The van der Waals surface area contributed by atoms with Gasteiger partial charge in [-0.25, -0.2) is 0 Å². The van der Waals surface area contributed by atoms with Crippen LogP contribution in [-0.4, -0.2) is 62.1 Å². The summed E-state index contributed by atoms with van der Waals surface area (Å²) in [4.78, 5) is 26.6. The Kier molecular flexibility index (Phi) is 5.71. The number of amides is 2. The number of benzene rings is 1. The van der Waals surface area contributed by atoms with E-state index in [4.69, 9.17) is 4.74 Å². The highest BCUT2D eigenvalue weighted by Crippen LogP contribution is 2.36. The molecule has 25 heavy (non-hydrogen) atoms. The number of nitrogens with one attached hydrogen (secondary N) is 2. The topological polar surface area (TPSA) is 70.7 Å². The molecule has 0 saturated carbocycles. The molecule has 2 saturated heterocycles. The average Bonchev–Trinajstić information content (AvgIpc) is 2.67. The second kappa shape index (κ2) is 7.97. The van der Waals surface area contributed by atoms with Gasteiger partial charge in [-0.05, 0) is 31.5 Å². The van der Waals surface area contributed by atoms with Crippen molar-refractivity contribution in [2.75, 3.05) is 39.3 Å². The van der Waals surface area contributed by atoms with Crippen LogP contribution >= 0.6 is 0 Å². The predicted molar refractivity (Wildman–Crippen MR) is 95.2 cm³/mol. The zero-order valence-corrected chi connectivity index (χ0v) is 14.8. The fraction of sp³-hybridized carbons (Fsp3) is 0.579. The standard InChI is InChI=1S/C19H27N3O3/c1-15(23)21-13-17-14-22(11-12-25-17)18(24)19(7-9-20-10-8-19)16-5-3-2-4-6-16/h2-6,17,20H,7-14H2,1H3,(H,21,23)/t17-/m0/s1. The van der Waals surface area contributed by atoms with Crippen molar-refractivity contribution in [1.82, 2.24) is 15.5 Å². The van der Waals surface area contributed by atoms with Crippen LogP contribution in [0.5, 0.6) is 0 Å². The zero-order valence-electron chi connectivity index (χ0n) is 14.8. The number of rotatable bonds is 4. The maximum absolute atomic E-state index is 13.5. The molecule has 2 aliphatic rings. The molecule has 0 spiro atoms. The van der Waals surface area contributed by atoms with Crippen molar-refractivity contribution in [3.63, 3.8) is 0 Å². The van der Waals surface area contributed by atoms with E-state index >= 15 is 0 Å². The minimum Gasteiger partial charge on any atom is -0.373 e. The third-order valence-electron chi connectivity index (χ3n) is 5.20. The van der Waals surface area contributed by atoms with Gasteiger partial charge in [0.2, 0.25) is 11.8 Å². The van der Waals surface area contributed by atoms with Crippen LogP contribution in [0.4, 0.5) is 0 Å². The van der Waals surface area contributed by atoms with Crippen LogP contribution in [0.1, 0.15) is 25.3 Å². The summed E-state index contributed by atoms with van der Waals surface area (Å²) < 4.78 is 5.71. The normalized spacial score (nSPS) is 23.1. The van der Waals surface area contributed by atoms with E-state index in [1.54, 1.807) is 0 Å². The van der Waals surface area contributed by atoms with Crippen molar-refractivity contribution in [1.29, 1.82) is 0 Å². The van der Waals surface area contributed by atoms with Gasteiger partial charge in [0.15, 0.2) is 0 Å². The van der Waals surface area contributed by atoms with Gasteiger partial charge in [-0.15, -0.1) is 0 Å². The molecular weight excluding hydrogens is 318 g/mol. The first kappa shape index (κ1) is 17.9. The fourth-order valence-electron chi connectivity index (χ4n) is 3.82. The molecule has 1 aromatic carbocycles. The maximum Gasteiger partial charge on any atom is 0.233 e. The Hall–Kier alpha value is -1.92. The van der Waals surface area contributed by atoms with E-state index in [-0.39, 0.29) is 17.9 Å². The summed E-state index contributed by atoms with van der Waals surface area (Å²) in [7, 11) is 0. The molecule has 6 heteroatoms. The summed E-state index contributed by atoms with van der Waals surface area (Å²) in [5, 5.41) is 6.15. The van der Waals surface area contributed by atoms with Gasteiger partial charge < -0.3 is 20.3 Å². The van der Waals surface area contributed by atoms with Crippen LogP contribution in [-0.2, 0) is 19.7 Å². The van der Waals surface area contributed by atoms with Crippen LogP contribution < -0.4 is 10.6 Å². The summed E-state index contributed by atoms with van der Waals surface area (Å²) in [6.45, 7) is 5.28. The van der Waals surface area contributed by atoms with E-state index in [0.717, 1.165) is 31.5 Å². The monoisotopic (exact) mass is 345 g/mol. The molecule has 0 aliphatic carbocycles. The number of morpholine rings is 1. The predicted octanol–water partition coefficient (Wildman–Crippen LogP) is 0.671. The Bertz CT molecular complexity index is 599. The minimum atomic E-state index is -0.456. The van der Waals surface area contributed by atoms with Crippen molar-refractivity contribution in [2.24, 2.45) is 0 Å². The first-order valence-corrected chi connectivity index (χ1v) is 9.03. The van der Waals surface area contributed by atoms with Gasteiger partial charge in [0.25, 0.3) is 0 Å². The average molecular weight is 345 g/mol. The lowest BCUT2D eigenvalue weighted by Crippen LogP contribution is -2.57. The zero-order chi connectivity index (χ0) is 17.7. The molecule has 2 aliphatic heterocycles. The van der Waals surface area contributed by atoms with E-state index in [2.05, 4.69) is 22.8 Å². The molecule has 136 valence electrons. The Balaban J connectivity index is 1.77. The molecule has 2 fully saturated rings. The van der Waals surface area contributed by atoms with Crippen molar-refractivity contribution in [3.05, 3.63) is 35.9 Å². The summed E-state index contributed by atoms with van der Waals surface area (Å²) in [5.41, 5.74) is 0.647. The van der Waals surface area contributed by atoms with Gasteiger partial charge in [-0.1, -0.05) is 30.3 Å². The SMILES string of the molecule is CC(=O)NC[C@H]1CN(C(=O)C2(c3ccccc3)CCNCC2)CCO1. The van der Waals surface area contributed by atoms with Gasteiger partial charge in [-0.3, -0.25) is 9.59 Å².